The maximum atomic E-state index is 11.8. The zero-order valence-corrected chi connectivity index (χ0v) is 15.4. The summed E-state index contributed by atoms with van der Waals surface area (Å²) in [6, 6.07) is 13.9. The van der Waals surface area contributed by atoms with Crippen LogP contribution >= 0.6 is 11.3 Å². The Bertz CT molecular complexity index is 944. The van der Waals surface area contributed by atoms with E-state index >= 15 is 0 Å². The molecule has 3 aromatic rings. The second kappa shape index (κ2) is 8.45. The first-order valence-corrected chi connectivity index (χ1v) is 9.38. The standard InChI is InChI=1S/C20H20N4OS/c1-14-5-6-15-11-16(13-21)20(24-18(15)10-14)23-8-3-7-22-19(25)12-17-4-2-9-26-17/h2,4-6,9-11H,3,7-8,12H2,1H3,(H,22,25)(H,23,24). The predicted octanol–water partition coefficient (Wildman–Crippen LogP) is 3.64. The van der Waals surface area contributed by atoms with Crippen LogP contribution in [0.25, 0.3) is 10.9 Å². The molecule has 0 radical (unpaired) electrons. The zero-order valence-electron chi connectivity index (χ0n) is 14.6. The lowest BCUT2D eigenvalue weighted by molar-refractivity contribution is -0.120. The fourth-order valence-corrected chi connectivity index (χ4v) is 3.36. The van der Waals surface area contributed by atoms with Crippen LogP contribution < -0.4 is 10.6 Å². The van der Waals surface area contributed by atoms with Crippen LogP contribution in [-0.2, 0) is 11.2 Å². The Kier molecular flexibility index (Phi) is 5.82. The van der Waals surface area contributed by atoms with E-state index in [-0.39, 0.29) is 5.91 Å². The van der Waals surface area contributed by atoms with Crippen molar-refractivity contribution in [2.75, 3.05) is 18.4 Å². The Morgan fingerprint density at radius 3 is 2.92 bits per heavy atom. The molecule has 1 amide bonds. The number of carbonyl (C=O) groups is 1. The second-order valence-electron chi connectivity index (χ2n) is 6.08. The maximum Gasteiger partial charge on any atom is 0.225 e. The van der Waals surface area contributed by atoms with Gasteiger partial charge in [0.25, 0.3) is 0 Å². The SMILES string of the molecule is Cc1ccc2cc(C#N)c(NCCCNC(=O)Cc3cccs3)nc2c1. The lowest BCUT2D eigenvalue weighted by Crippen LogP contribution is -2.27. The average molecular weight is 364 g/mol. The molecule has 0 unspecified atom stereocenters. The number of nitriles is 1. The molecular formula is C20H20N4OS. The number of hydrogen-bond acceptors (Lipinski definition) is 5. The summed E-state index contributed by atoms with van der Waals surface area (Å²) in [7, 11) is 0. The maximum absolute atomic E-state index is 11.8. The van der Waals surface area contributed by atoms with Crippen molar-refractivity contribution >= 4 is 34.0 Å². The molecule has 6 heteroatoms. The second-order valence-corrected chi connectivity index (χ2v) is 7.11. The summed E-state index contributed by atoms with van der Waals surface area (Å²) in [5, 5.41) is 18.4. The highest BCUT2D eigenvalue weighted by atomic mass is 32.1. The number of anilines is 1. The Balaban J connectivity index is 1.51. The van der Waals surface area contributed by atoms with Crippen molar-refractivity contribution in [2.24, 2.45) is 0 Å². The van der Waals surface area contributed by atoms with Gasteiger partial charge in [0.1, 0.15) is 11.9 Å². The van der Waals surface area contributed by atoms with E-state index in [0.29, 0.717) is 30.9 Å². The number of carbonyl (C=O) groups excluding carboxylic acids is 1. The first kappa shape index (κ1) is 17.9. The fraction of sp³-hybridized carbons (Fsp3) is 0.250. The predicted molar refractivity (Wildman–Crippen MR) is 105 cm³/mol. The van der Waals surface area contributed by atoms with Crippen molar-refractivity contribution < 1.29 is 4.79 Å². The summed E-state index contributed by atoms with van der Waals surface area (Å²) in [6.45, 7) is 3.25. The van der Waals surface area contributed by atoms with Gasteiger partial charge in [-0.15, -0.1) is 11.3 Å². The molecule has 2 heterocycles. The van der Waals surface area contributed by atoms with Crippen molar-refractivity contribution in [3.8, 4) is 6.07 Å². The molecule has 3 rings (SSSR count). The molecule has 0 aliphatic heterocycles. The summed E-state index contributed by atoms with van der Waals surface area (Å²) in [4.78, 5) is 17.5. The van der Waals surface area contributed by atoms with Gasteiger partial charge in [0, 0.05) is 23.4 Å². The normalized spacial score (nSPS) is 10.5. The van der Waals surface area contributed by atoms with Gasteiger partial charge in [-0.1, -0.05) is 18.2 Å². The summed E-state index contributed by atoms with van der Waals surface area (Å²) < 4.78 is 0. The van der Waals surface area contributed by atoms with Crippen LogP contribution in [0.15, 0.2) is 41.8 Å². The number of aryl methyl sites for hydroxylation is 1. The molecule has 0 saturated carbocycles. The molecule has 5 nitrogen and oxygen atoms in total. The van der Waals surface area contributed by atoms with Crippen LogP contribution in [0, 0.1) is 18.3 Å². The van der Waals surface area contributed by atoms with E-state index in [0.717, 1.165) is 27.8 Å². The van der Waals surface area contributed by atoms with Gasteiger partial charge >= 0.3 is 0 Å². The van der Waals surface area contributed by atoms with Crippen molar-refractivity contribution in [2.45, 2.75) is 19.8 Å². The van der Waals surface area contributed by atoms with E-state index in [9.17, 15) is 10.1 Å². The number of nitrogens with one attached hydrogen (secondary N) is 2. The Morgan fingerprint density at radius 2 is 2.15 bits per heavy atom. The minimum atomic E-state index is 0.0319. The van der Waals surface area contributed by atoms with Crippen LogP contribution in [-0.4, -0.2) is 24.0 Å². The number of nitrogens with zero attached hydrogens (tertiary/aromatic N) is 2. The Hall–Kier alpha value is -2.91. The van der Waals surface area contributed by atoms with Gasteiger partial charge in [0.15, 0.2) is 0 Å². The monoisotopic (exact) mass is 364 g/mol. The largest absolute Gasteiger partial charge is 0.369 e. The quantitative estimate of drug-likeness (QED) is 0.628. The highest BCUT2D eigenvalue weighted by Crippen LogP contribution is 2.21. The molecule has 132 valence electrons. The summed E-state index contributed by atoms with van der Waals surface area (Å²) in [6.07, 6.45) is 1.18. The van der Waals surface area contributed by atoms with Crippen LogP contribution in [0.4, 0.5) is 5.82 Å². The molecule has 0 saturated heterocycles. The van der Waals surface area contributed by atoms with Crippen molar-refractivity contribution in [3.63, 3.8) is 0 Å². The molecule has 0 fully saturated rings. The number of rotatable bonds is 7. The molecular weight excluding hydrogens is 344 g/mol. The van der Waals surface area contributed by atoms with E-state index in [2.05, 4.69) is 21.7 Å². The van der Waals surface area contributed by atoms with Gasteiger partial charge in [-0.05, 0) is 42.5 Å². The fourth-order valence-electron chi connectivity index (χ4n) is 2.65. The number of benzene rings is 1. The lowest BCUT2D eigenvalue weighted by atomic mass is 10.1. The third-order valence-electron chi connectivity index (χ3n) is 3.98. The van der Waals surface area contributed by atoms with Crippen LogP contribution in [0.2, 0.25) is 0 Å². The topological polar surface area (TPSA) is 77.8 Å². The number of amides is 1. The third-order valence-corrected chi connectivity index (χ3v) is 4.85. The molecule has 0 aliphatic carbocycles. The van der Waals surface area contributed by atoms with Gasteiger partial charge in [-0.3, -0.25) is 4.79 Å². The Morgan fingerprint density at radius 1 is 1.27 bits per heavy atom. The molecule has 0 bridgehead atoms. The van der Waals surface area contributed by atoms with Gasteiger partial charge in [-0.2, -0.15) is 5.26 Å². The summed E-state index contributed by atoms with van der Waals surface area (Å²) >= 11 is 1.59. The highest BCUT2D eigenvalue weighted by Gasteiger charge is 2.07. The minimum absolute atomic E-state index is 0.0319. The van der Waals surface area contributed by atoms with E-state index in [4.69, 9.17) is 0 Å². The van der Waals surface area contributed by atoms with Gasteiger partial charge in [0.2, 0.25) is 5.91 Å². The number of aromatic nitrogens is 1. The molecule has 2 N–H and O–H groups in total. The van der Waals surface area contributed by atoms with E-state index in [1.165, 1.54) is 0 Å². The van der Waals surface area contributed by atoms with E-state index in [1.807, 2.05) is 48.7 Å². The summed E-state index contributed by atoms with van der Waals surface area (Å²) in [5.41, 5.74) is 2.54. The van der Waals surface area contributed by atoms with Crippen LogP contribution in [0.5, 0.6) is 0 Å². The summed E-state index contributed by atoms with van der Waals surface area (Å²) in [5.74, 6) is 0.625. The minimum Gasteiger partial charge on any atom is -0.369 e. The molecule has 0 spiro atoms. The molecule has 26 heavy (non-hydrogen) atoms. The third kappa shape index (κ3) is 4.58. The number of fused-ring (bicyclic) bond motifs is 1. The number of thiophene rings is 1. The zero-order chi connectivity index (χ0) is 18.4. The first-order chi connectivity index (χ1) is 12.7. The first-order valence-electron chi connectivity index (χ1n) is 8.50. The van der Waals surface area contributed by atoms with E-state index in [1.54, 1.807) is 11.3 Å². The van der Waals surface area contributed by atoms with Crippen LogP contribution in [0.1, 0.15) is 22.4 Å². The van der Waals surface area contributed by atoms with Gasteiger partial charge in [0.05, 0.1) is 17.5 Å². The number of pyridine rings is 1. The average Bonchev–Trinajstić information content (AvgIpc) is 3.13. The lowest BCUT2D eigenvalue weighted by Gasteiger charge is -2.10. The Labute approximate surface area is 156 Å². The van der Waals surface area contributed by atoms with E-state index < -0.39 is 0 Å². The van der Waals surface area contributed by atoms with Crippen molar-refractivity contribution in [1.29, 1.82) is 5.26 Å². The number of hydrogen-bond donors (Lipinski definition) is 2. The van der Waals surface area contributed by atoms with Crippen molar-refractivity contribution in [3.05, 3.63) is 57.8 Å². The molecule has 2 aromatic heterocycles. The molecule has 0 aliphatic rings. The smallest absolute Gasteiger partial charge is 0.225 e. The highest BCUT2D eigenvalue weighted by molar-refractivity contribution is 7.10. The molecule has 0 atom stereocenters. The molecule has 1 aromatic carbocycles. The van der Waals surface area contributed by atoms with Crippen molar-refractivity contribution in [1.82, 2.24) is 10.3 Å². The van der Waals surface area contributed by atoms with Gasteiger partial charge in [-0.25, -0.2) is 4.98 Å². The van der Waals surface area contributed by atoms with Gasteiger partial charge < -0.3 is 10.6 Å². The van der Waals surface area contributed by atoms with Crippen LogP contribution in [0.3, 0.4) is 0 Å².